The van der Waals surface area contributed by atoms with E-state index in [0.717, 1.165) is 11.1 Å². The Morgan fingerprint density at radius 1 is 1.00 bits per heavy atom. The summed E-state index contributed by atoms with van der Waals surface area (Å²) in [5.74, 6) is 0.279. The van der Waals surface area contributed by atoms with Crippen LogP contribution in [0.25, 0.3) is 11.1 Å². The molecule has 5 heteroatoms. The lowest BCUT2D eigenvalue weighted by atomic mass is 10.1. The van der Waals surface area contributed by atoms with Gasteiger partial charge in [-0.1, -0.05) is 26.0 Å². The molecule has 0 spiro atoms. The summed E-state index contributed by atoms with van der Waals surface area (Å²) in [6.07, 6.45) is 3.42. The SMILES string of the molecule is CC(C)CNS(=O)(=O)c1ccc(-c2ccncc2)cc1. The van der Waals surface area contributed by atoms with Crippen molar-refractivity contribution in [3.63, 3.8) is 0 Å². The predicted molar refractivity (Wildman–Crippen MR) is 79.7 cm³/mol. The number of pyridine rings is 1. The number of nitrogens with one attached hydrogen (secondary N) is 1. The second-order valence-electron chi connectivity index (χ2n) is 5.01. The molecule has 1 aromatic heterocycles. The number of hydrogen-bond donors (Lipinski definition) is 1. The van der Waals surface area contributed by atoms with E-state index in [9.17, 15) is 8.42 Å². The third-order valence-electron chi connectivity index (χ3n) is 2.86. The van der Waals surface area contributed by atoms with Gasteiger partial charge in [0.2, 0.25) is 10.0 Å². The number of aromatic nitrogens is 1. The van der Waals surface area contributed by atoms with Crippen molar-refractivity contribution in [2.24, 2.45) is 5.92 Å². The first-order valence-electron chi connectivity index (χ1n) is 6.49. The second kappa shape index (κ2) is 6.15. The second-order valence-corrected chi connectivity index (χ2v) is 6.77. The lowest BCUT2D eigenvalue weighted by Gasteiger charge is -2.09. The highest BCUT2D eigenvalue weighted by Gasteiger charge is 2.13. The zero-order valence-electron chi connectivity index (χ0n) is 11.6. The monoisotopic (exact) mass is 290 g/mol. The van der Waals surface area contributed by atoms with Gasteiger partial charge >= 0.3 is 0 Å². The Bertz CT molecular complexity index is 650. The van der Waals surface area contributed by atoms with Crippen molar-refractivity contribution in [2.45, 2.75) is 18.7 Å². The molecule has 106 valence electrons. The molecule has 4 nitrogen and oxygen atoms in total. The van der Waals surface area contributed by atoms with Gasteiger partial charge in [0.15, 0.2) is 0 Å². The highest BCUT2D eigenvalue weighted by atomic mass is 32.2. The Morgan fingerprint density at radius 3 is 2.10 bits per heavy atom. The van der Waals surface area contributed by atoms with Gasteiger partial charge in [-0.3, -0.25) is 4.98 Å². The summed E-state index contributed by atoms with van der Waals surface area (Å²) in [5, 5.41) is 0. The van der Waals surface area contributed by atoms with E-state index < -0.39 is 10.0 Å². The highest BCUT2D eigenvalue weighted by molar-refractivity contribution is 7.89. The summed E-state index contributed by atoms with van der Waals surface area (Å²) >= 11 is 0. The van der Waals surface area contributed by atoms with Crippen LogP contribution >= 0.6 is 0 Å². The molecule has 0 atom stereocenters. The van der Waals surface area contributed by atoms with Gasteiger partial charge in [-0.05, 0) is 41.3 Å². The van der Waals surface area contributed by atoms with Crippen LogP contribution in [0.1, 0.15) is 13.8 Å². The van der Waals surface area contributed by atoms with Gasteiger partial charge in [-0.25, -0.2) is 13.1 Å². The molecule has 20 heavy (non-hydrogen) atoms. The zero-order valence-corrected chi connectivity index (χ0v) is 12.4. The van der Waals surface area contributed by atoms with Crippen LogP contribution in [-0.2, 0) is 10.0 Å². The minimum absolute atomic E-state index is 0.279. The maximum absolute atomic E-state index is 12.1. The average molecular weight is 290 g/mol. The van der Waals surface area contributed by atoms with Gasteiger partial charge in [-0.2, -0.15) is 0 Å². The fraction of sp³-hybridized carbons (Fsp3) is 0.267. The van der Waals surface area contributed by atoms with Gasteiger partial charge in [0.25, 0.3) is 0 Å². The Kier molecular flexibility index (Phi) is 4.52. The zero-order chi connectivity index (χ0) is 14.6. The Balaban J connectivity index is 2.20. The molecule has 0 radical (unpaired) electrons. The van der Waals surface area contributed by atoms with Crippen LogP contribution in [0.15, 0.2) is 53.7 Å². The van der Waals surface area contributed by atoms with Gasteiger partial charge < -0.3 is 0 Å². The Hall–Kier alpha value is -1.72. The van der Waals surface area contributed by atoms with E-state index in [1.165, 1.54) is 0 Å². The summed E-state index contributed by atoms with van der Waals surface area (Å²) < 4.78 is 26.7. The summed E-state index contributed by atoms with van der Waals surface area (Å²) in [4.78, 5) is 4.25. The first-order valence-corrected chi connectivity index (χ1v) is 7.97. The van der Waals surface area contributed by atoms with Crippen molar-refractivity contribution in [3.05, 3.63) is 48.8 Å². The maximum atomic E-state index is 12.1. The largest absolute Gasteiger partial charge is 0.265 e. The van der Waals surface area contributed by atoms with Crippen molar-refractivity contribution >= 4 is 10.0 Å². The average Bonchev–Trinajstić information content (AvgIpc) is 2.46. The molecule has 1 aromatic carbocycles. The molecule has 2 aromatic rings. The standard InChI is InChI=1S/C15H18N2O2S/c1-12(2)11-17-20(18,19)15-5-3-13(4-6-15)14-7-9-16-10-8-14/h3-10,12,17H,11H2,1-2H3. The summed E-state index contributed by atoms with van der Waals surface area (Å²) in [5.41, 5.74) is 1.98. The van der Waals surface area contributed by atoms with Crippen LogP contribution in [0.2, 0.25) is 0 Å². The quantitative estimate of drug-likeness (QED) is 0.921. The molecule has 1 N–H and O–H groups in total. The number of rotatable bonds is 5. The topological polar surface area (TPSA) is 59.1 Å². The van der Waals surface area contributed by atoms with E-state index in [2.05, 4.69) is 9.71 Å². The molecule has 0 bridgehead atoms. The minimum Gasteiger partial charge on any atom is -0.265 e. The van der Waals surface area contributed by atoms with Gasteiger partial charge in [0, 0.05) is 18.9 Å². The molecule has 0 aliphatic carbocycles. The van der Waals surface area contributed by atoms with Crippen LogP contribution in [0.3, 0.4) is 0 Å². The van der Waals surface area contributed by atoms with Crippen molar-refractivity contribution < 1.29 is 8.42 Å². The van der Waals surface area contributed by atoms with Crippen molar-refractivity contribution in [1.82, 2.24) is 9.71 Å². The first kappa shape index (κ1) is 14.7. The fourth-order valence-electron chi connectivity index (χ4n) is 1.73. The fourth-order valence-corrected chi connectivity index (χ4v) is 2.94. The Morgan fingerprint density at radius 2 is 1.55 bits per heavy atom. The molecule has 0 aliphatic rings. The molecule has 2 rings (SSSR count). The van der Waals surface area contributed by atoms with E-state index in [4.69, 9.17) is 0 Å². The molecule has 0 saturated carbocycles. The van der Waals surface area contributed by atoms with E-state index in [1.807, 2.05) is 26.0 Å². The Labute approximate surface area is 119 Å². The lowest BCUT2D eigenvalue weighted by Crippen LogP contribution is -2.27. The van der Waals surface area contributed by atoms with E-state index in [-0.39, 0.29) is 10.8 Å². The molecule has 0 amide bonds. The lowest BCUT2D eigenvalue weighted by molar-refractivity contribution is 0.560. The smallest absolute Gasteiger partial charge is 0.240 e. The highest BCUT2D eigenvalue weighted by Crippen LogP contribution is 2.20. The summed E-state index contributed by atoms with van der Waals surface area (Å²) in [6.45, 7) is 4.37. The molecular formula is C15H18N2O2S. The van der Waals surface area contributed by atoms with Crippen molar-refractivity contribution in [2.75, 3.05) is 6.54 Å². The van der Waals surface area contributed by atoms with Crippen molar-refractivity contribution in [1.29, 1.82) is 0 Å². The van der Waals surface area contributed by atoms with Crippen LogP contribution in [0.5, 0.6) is 0 Å². The van der Waals surface area contributed by atoms with E-state index in [1.54, 1.807) is 36.7 Å². The number of hydrogen-bond acceptors (Lipinski definition) is 3. The number of benzene rings is 1. The van der Waals surface area contributed by atoms with E-state index >= 15 is 0 Å². The van der Waals surface area contributed by atoms with E-state index in [0.29, 0.717) is 6.54 Å². The molecule has 0 aliphatic heterocycles. The predicted octanol–water partition coefficient (Wildman–Crippen LogP) is 2.68. The van der Waals surface area contributed by atoms with Gasteiger partial charge in [0.05, 0.1) is 4.90 Å². The normalized spacial score (nSPS) is 11.8. The molecular weight excluding hydrogens is 272 g/mol. The van der Waals surface area contributed by atoms with Crippen LogP contribution in [0.4, 0.5) is 0 Å². The van der Waals surface area contributed by atoms with Crippen LogP contribution in [-0.4, -0.2) is 19.9 Å². The first-order chi connectivity index (χ1) is 9.49. The summed E-state index contributed by atoms with van der Waals surface area (Å²) in [7, 11) is -3.42. The third-order valence-corrected chi connectivity index (χ3v) is 4.30. The minimum atomic E-state index is -3.42. The summed E-state index contributed by atoms with van der Waals surface area (Å²) in [6, 6.07) is 10.6. The van der Waals surface area contributed by atoms with Gasteiger partial charge in [0.1, 0.15) is 0 Å². The maximum Gasteiger partial charge on any atom is 0.240 e. The molecule has 0 unspecified atom stereocenters. The van der Waals surface area contributed by atoms with Crippen LogP contribution in [0, 0.1) is 5.92 Å². The number of nitrogens with zero attached hydrogens (tertiary/aromatic N) is 1. The molecule has 1 heterocycles. The molecule has 0 fully saturated rings. The van der Waals surface area contributed by atoms with Gasteiger partial charge in [-0.15, -0.1) is 0 Å². The van der Waals surface area contributed by atoms with Crippen molar-refractivity contribution in [3.8, 4) is 11.1 Å². The molecule has 0 saturated heterocycles. The van der Waals surface area contributed by atoms with Crippen LogP contribution < -0.4 is 4.72 Å². The number of sulfonamides is 1. The third kappa shape index (κ3) is 3.65.